The lowest BCUT2D eigenvalue weighted by Gasteiger charge is -2.32. The normalized spacial score (nSPS) is 18.7. The van der Waals surface area contributed by atoms with Crippen LogP contribution in [0.5, 0.6) is 0 Å². The first kappa shape index (κ1) is 109. The molecule has 6 aromatic heterocycles. The lowest BCUT2D eigenvalue weighted by atomic mass is 9.76. The summed E-state index contributed by atoms with van der Waals surface area (Å²) < 4.78 is 35.5. The first-order valence-electron chi connectivity index (χ1n) is 51.5. The second-order valence-electron chi connectivity index (χ2n) is 44.5. The van der Waals surface area contributed by atoms with Gasteiger partial charge in [-0.15, -0.1) is 10.2 Å². The number of H-pyrrole nitrogens is 1. The van der Waals surface area contributed by atoms with Crippen molar-refractivity contribution in [3.63, 3.8) is 0 Å². The van der Waals surface area contributed by atoms with Crippen molar-refractivity contribution in [2.24, 2.45) is 0 Å². The van der Waals surface area contributed by atoms with Crippen molar-refractivity contribution in [1.82, 2.24) is 59.3 Å². The number of amides is 4. The SMILES string of the molecule is CC(C)(C)OC(=O)n1nc(CC(=O)C2(c3cccc(B4OC(C)(C)C(C)(C)O4)c3)CC2)cc1C1CC1.CC(C)(C)OC(=O)n1nc(N)cc1C1CC1.CC(C)(C)OC(=O)n1nc(NC(=O)C2(c3cccc(Br)c3)CC2)cc1C1CC1.O=C(/C=C/CN1CCCC1)Nc1ccc(-c2cccc(C3(C(=O)Nc4cc(C5CC5)[nH]n4)CC3)c2)cn1.O=C(/C=C/CN1CCCC1)Nc1ccc(Br)cn1.O=C(O)C1(c2cccc(Br)c2)CC1. The van der Waals surface area contributed by atoms with E-state index in [9.17, 15) is 43.2 Å². The Labute approximate surface area is 890 Å². The highest BCUT2D eigenvalue weighted by Crippen LogP contribution is 2.54. The van der Waals surface area contributed by atoms with Crippen molar-refractivity contribution in [2.45, 2.75) is 298 Å². The molecule has 21 rings (SSSR count). The maximum absolute atomic E-state index is 13.6. The molecule has 0 atom stereocenters. The third-order valence-corrected chi connectivity index (χ3v) is 29.8. The van der Waals surface area contributed by atoms with Crippen LogP contribution in [0, 0.1) is 0 Å². The minimum absolute atomic E-state index is 0.00697. The predicted octanol–water partition coefficient (Wildman–Crippen LogP) is 21.4. The summed E-state index contributed by atoms with van der Waals surface area (Å²) in [6, 6.07) is 46.3. The minimum atomic E-state index is -0.703. The summed E-state index contributed by atoms with van der Waals surface area (Å²) in [6.45, 7) is 30.7. The standard InChI is InChI=1S/C29H32N6O2.C28H37BN2O5.C21H24BrN3O3.C13H16BrN3O.C11H17N3O2.C10H9BrO2/c36-27(7-4-16-35-14-1-2-15-35)31-25-11-10-22(19-30-25)21-5-3-6-23(17-21)29(12-13-29)28(37)32-26-18-24(33-34-26)20-8-9-20;1-25(2,3)34-24(33)31-22(18-11-12-18)16-21(30-31)17-23(32)28(13-14-28)19-9-8-10-20(15-19)29-35-26(4,5)27(6,7)36-29;1-20(2,3)28-19(27)25-16(13-7-8-13)12-17(24-25)23-18(26)21(9-10-21)14-5-4-6-15(22)11-14;14-11-5-6-12(15-10-11)16-13(18)4-3-9-17-7-1-2-8-17;1-11(2,3)16-10(15)14-8(7-4-5-7)6-9(12)13-14;11-8-3-1-2-7(6-8)10(4-5-10)9(12)13/h3-7,10-11,17-20H,1-2,8-9,12-16H2,(H,30,31,36)(H2,32,33,34,37);8-10,15-16,18H,11-14,17H2,1-7H3;4-6,11-13H,7-10H2,1-3H3,(H,23,24,26);3-6,10H,1-2,7-9H2,(H,15,16,18);6-7H,4-5H2,1-3H3,(H2,12,13);1-3,6H,4-5H2,(H,12,13)/b7-4+;;;4-3+;;. The Morgan fingerprint density at radius 1 is 0.453 bits per heavy atom. The molecule has 782 valence electrons. The topological polar surface area (TPSA) is 409 Å². The first-order valence-corrected chi connectivity index (χ1v) is 53.9. The van der Waals surface area contributed by atoms with Gasteiger partial charge in [0.15, 0.2) is 11.6 Å². The minimum Gasteiger partial charge on any atom is -0.481 e. The van der Waals surface area contributed by atoms with Crippen LogP contribution in [0.1, 0.15) is 293 Å². The lowest BCUT2D eigenvalue weighted by Crippen LogP contribution is -2.41. The summed E-state index contributed by atoms with van der Waals surface area (Å²) in [5.41, 5.74) is 11.9. The summed E-state index contributed by atoms with van der Waals surface area (Å²) in [4.78, 5) is 125. The number of anilines is 5. The Bertz CT molecular complexity index is 6560. The van der Waals surface area contributed by atoms with E-state index in [-0.39, 0.29) is 35.8 Å². The molecule has 32 nitrogen and oxygen atoms in total. The molecule has 11 fully saturated rings. The Hall–Kier alpha value is -11.9. The summed E-state index contributed by atoms with van der Waals surface area (Å²) in [5.74, 6) is 3.05. The van der Waals surface area contributed by atoms with Gasteiger partial charge in [-0.1, -0.05) is 117 Å². The number of nitrogens with zero attached hydrogens (tertiary/aromatic N) is 11. The van der Waals surface area contributed by atoms with Gasteiger partial charge in [-0.25, -0.2) is 24.4 Å². The highest BCUT2D eigenvalue weighted by atomic mass is 79.9. The number of ketones is 1. The maximum atomic E-state index is 13.6. The Kier molecular flexibility index (Phi) is 33.1. The van der Waals surface area contributed by atoms with Crippen LogP contribution in [0.4, 0.5) is 43.5 Å². The van der Waals surface area contributed by atoms with Crippen LogP contribution in [-0.2, 0) is 80.4 Å². The van der Waals surface area contributed by atoms with E-state index in [4.69, 9.17) is 34.4 Å². The number of rotatable bonds is 26. The highest BCUT2D eigenvalue weighted by molar-refractivity contribution is 9.11. The predicted molar refractivity (Wildman–Crippen MR) is 579 cm³/mol. The van der Waals surface area contributed by atoms with E-state index in [1.165, 1.54) is 52.6 Å². The van der Waals surface area contributed by atoms with E-state index >= 15 is 0 Å². The summed E-state index contributed by atoms with van der Waals surface area (Å²) in [6.07, 6.45) is 29.1. The van der Waals surface area contributed by atoms with Crippen LogP contribution in [0.15, 0.2) is 196 Å². The van der Waals surface area contributed by atoms with Crippen LogP contribution >= 0.6 is 47.8 Å². The second kappa shape index (κ2) is 45.1. The second-order valence-corrected chi connectivity index (χ2v) is 47.3. The van der Waals surface area contributed by atoms with Gasteiger partial charge in [0.1, 0.15) is 40.0 Å². The number of carboxylic acids is 1. The van der Waals surface area contributed by atoms with Crippen LogP contribution < -0.4 is 32.5 Å². The van der Waals surface area contributed by atoms with E-state index in [0.29, 0.717) is 58.5 Å². The van der Waals surface area contributed by atoms with E-state index in [1.807, 2.05) is 217 Å². The quantitative estimate of drug-likeness (QED) is 0.0150. The molecule has 4 amide bonds. The molecule has 36 heteroatoms. The lowest BCUT2D eigenvalue weighted by molar-refractivity contribution is -0.140. The summed E-state index contributed by atoms with van der Waals surface area (Å²) in [5, 5.41) is 40.7. The van der Waals surface area contributed by atoms with Gasteiger partial charge in [-0.3, -0.25) is 43.7 Å². The number of carboxylic acid groups (broad SMARTS) is 1. The number of aromatic amines is 1. The number of carbonyl (C=O) groups is 9. The molecule has 0 radical (unpaired) electrons. The number of likely N-dealkylation sites (tertiary alicyclic amines) is 2. The number of carbonyl (C=O) groups excluding carboxylic acids is 8. The molecule has 0 unspecified atom stereocenters. The molecule has 4 aromatic carbocycles. The average Bonchev–Trinajstić information content (AvgIpc) is 1.73. The number of aromatic nitrogens is 10. The average molecular weight is 2210 g/mol. The van der Waals surface area contributed by atoms with Gasteiger partial charge in [0.25, 0.3) is 0 Å². The number of nitrogens with two attached hydrogens (primary N) is 1. The molecule has 8 saturated carbocycles. The van der Waals surface area contributed by atoms with E-state index in [2.05, 4.69) is 126 Å². The van der Waals surface area contributed by atoms with Gasteiger partial charge in [0.2, 0.25) is 23.6 Å². The Morgan fingerprint density at radius 3 is 1.32 bits per heavy atom. The molecule has 8 aliphatic carbocycles. The number of benzene rings is 4. The van der Waals surface area contributed by atoms with Crippen molar-refractivity contribution in [3.8, 4) is 11.1 Å². The van der Waals surface area contributed by atoms with Crippen LogP contribution in [0.3, 0.4) is 0 Å². The van der Waals surface area contributed by atoms with Crippen molar-refractivity contribution in [2.75, 3.05) is 66.3 Å². The monoisotopic (exact) mass is 2210 g/mol. The van der Waals surface area contributed by atoms with Gasteiger partial charge in [0.05, 0.1) is 62.1 Å². The molecule has 9 heterocycles. The number of aliphatic carboxylic acids is 1. The molecule has 11 aliphatic rings. The van der Waals surface area contributed by atoms with Gasteiger partial charge < -0.3 is 55.6 Å². The fraction of sp³-hybridized carbons (Fsp3) is 0.473. The van der Waals surface area contributed by atoms with Crippen molar-refractivity contribution in [3.05, 3.63) is 246 Å². The van der Waals surface area contributed by atoms with Gasteiger partial charge >= 0.3 is 31.4 Å². The summed E-state index contributed by atoms with van der Waals surface area (Å²) in [7, 11) is -0.466. The molecule has 8 N–H and O–H groups in total. The number of nitrogens with one attached hydrogen (secondary N) is 5. The number of hydrogen-bond donors (Lipinski definition) is 7. The fourth-order valence-electron chi connectivity index (χ4n) is 18.2. The first-order chi connectivity index (χ1) is 70.2. The van der Waals surface area contributed by atoms with E-state index in [1.54, 1.807) is 42.7 Å². The molecule has 148 heavy (non-hydrogen) atoms. The number of hydrogen-bond acceptors (Lipinski definition) is 23. The zero-order chi connectivity index (χ0) is 106. The largest absolute Gasteiger partial charge is 0.494 e. The third kappa shape index (κ3) is 28.4. The molecule has 3 saturated heterocycles. The van der Waals surface area contributed by atoms with Crippen molar-refractivity contribution >= 4 is 143 Å². The zero-order valence-corrected chi connectivity index (χ0v) is 91.4. The number of ether oxygens (including phenoxy) is 3. The Balaban J connectivity index is 0.000000132. The maximum Gasteiger partial charge on any atom is 0.494 e. The molecule has 0 spiro atoms. The third-order valence-electron chi connectivity index (χ3n) is 28.3. The van der Waals surface area contributed by atoms with Crippen molar-refractivity contribution < 1.29 is 71.8 Å². The van der Waals surface area contributed by atoms with E-state index < -0.39 is 81.0 Å². The van der Waals surface area contributed by atoms with Gasteiger partial charge in [-0.05, 0) is 348 Å². The molecule has 0 bridgehead atoms. The molecular formula is C112H135BBr3N17O15. The smallest absolute Gasteiger partial charge is 0.481 e. The number of pyridine rings is 2. The zero-order valence-electron chi connectivity index (χ0n) is 86.6. The van der Waals surface area contributed by atoms with Crippen molar-refractivity contribution in [1.29, 1.82) is 0 Å². The highest BCUT2D eigenvalue weighted by Gasteiger charge is 2.57. The van der Waals surface area contributed by atoms with Crippen LogP contribution in [0.2, 0.25) is 0 Å². The number of nitrogen functional groups attached to an aromatic ring is 1. The number of halogens is 3. The fourth-order valence-corrected chi connectivity index (χ4v) is 19.3. The summed E-state index contributed by atoms with van der Waals surface area (Å²) >= 11 is 10.1. The number of Topliss-reactive ketones (excluding diaryl/α,β-unsaturated/α-hetero) is 1. The van der Waals surface area contributed by atoms with Gasteiger partial charge in [-0.2, -0.15) is 24.2 Å². The van der Waals surface area contributed by atoms with Crippen LogP contribution in [-0.4, -0.2) is 192 Å². The molecule has 10 aromatic rings. The van der Waals surface area contributed by atoms with Gasteiger partial charge in [0, 0.05) is 104 Å². The Morgan fingerprint density at radius 2 is 0.878 bits per heavy atom. The van der Waals surface area contributed by atoms with Crippen LogP contribution in [0.25, 0.3) is 11.1 Å². The van der Waals surface area contributed by atoms with E-state index in [0.717, 1.165) is 204 Å². The molecule has 3 aliphatic heterocycles. The molecular weight excluding hydrogens is 2070 g/mol.